The van der Waals surface area contributed by atoms with E-state index < -0.39 is 0 Å². The minimum absolute atomic E-state index is 0.322. The largest absolute Gasteiger partial charge is 0.508 e. The van der Waals surface area contributed by atoms with Gasteiger partial charge >= 0.3 is 0 Å². The number of benzene rings is 2. The van der Waals surface area contributed by atoms with Crippen molar-refractivity contribution in [2.75, 3.05) is 0 Å². The minimum atomic E-state index is 0.322. The normalized spacial score (nSPS) is 15.2. The molecular weight excluding hydrogens is 248 g/mol. The lowest BCUT2D eigenvalue weighted by Crippen LogP contribution is -2.03. The SMILES string of the molecule is Oc1ccc(C2CCCCC2)cc1.Oc1ccccc1. The maximum absolute atomic E-state index is 9.16. The summed E-state index contributed by atoms with van der Waals surface area (Å²) in [6.07, 6.45) is 6.78. The molecule has 2 N–H and O–H groups in total. The highest BCUT2D eigenvalue weighted by molar-refractivity contribution is 5.28. The Labute approximate surface area is 120 Å². The van der Waals surface area contributed by atoms with E-state index in [1.807, 2.05) is 6.07 Å². The van der Waals surface area contributed by atoms with Crippen LogP contribution in [0.1, 0.15) is 43.6 Å². The molecule has 1 saturated carbocycles. The lowest BCUT2D eigenvalue weighted by Gasteiger charge is -2.21. The van der Waals surface area contributed by atoms with Gasteiger partial charge in [0, 0.05) is 0 Å². The summed E-state index contributed by atoms with van der Waals surface area (Å²) in [5, 5.41) is 17.8. The van der Waals surface area contributed by atoms with E-state index in [4.69, 9.17) is 10.2 Å². The standard InChI is InChI=1S/C12H16O.C6H6O/c13-12-8-6-11(7-9-12)10-4-2-1-3-5-10;7-6-4-2-1-3-5-6/h6-10,13H,1-5H2;1-5,7H. The molecule has 0 aliphatic heterocycles. The van der Waals surface area contributed by atoms with E-state index in [0.717, 1.165) is 5.92 Å². The van der Waals surface area contributed by atoms with Gasteiger partial charge in [0.05, 0.1) is 0 Å². The van der Waals surface area contributed by atoms with E-state index in [0.29, 0.717) is 11.5 Å². The Morgan fingerprint density at radius 2 is 1.20 bits per heavy atom. The first-order chi connectivity index (χ1) is 9.75. The minimum Gasteiger partial charge on any atom is -0.508 e. The second-order valence-electron chi connectivity index (χ2n) is 5.26. The number of para-hydroxylation sites is 1. The van der Waals surface area contributed by atoms with Crippen LogP contribution in [0, 0.1) is 0 Å². The van der Waals surface area contributed by atoms with Gasteiger partial charge in [-0.15, -0.1) is 0 Å². The molecule has 0 heterocycles. The molecule has 0 bridgehead atoms. The van der Waals surface area contributed by atoms with Crippen molar-refractivity contribution in [2.24, 2.45) is 0 Å². The summed E-state index contributed by atoms with van der Waals surface area (Å²) >= 11 is 0. The molecular formula is C18H22O2. The first-order valence-corrected chi connectivity index (χ1v) is 7.28. The molecule has 0 saturated heterocycles. The van der Waals surface area contributed by atoms with Gasteiger partial charge < -0.3 is 10.2 Å². The van der Waals surface area contributed by atoms with Crippen LogP contribution in [0.5, 0.6) is 11.5 Å². The second kappa shape index (κ2) is 7.59. The fourth-order valence-electron chi connectivity index (χ4n) is 2.61. The Hall–Kier alpha value is -1.96. The number of rotatable bonds is 1. The third kappa shape index (κ3) is 4.61. The zero-order chi connectivity index (χ0) is 14.2. The predicted octanol–water partition coefficient (Wildman–Crippen LogP) is 4.83. The molecule has 3 rings (SSSR count). The van der Waals surface area contributed by atoms with Crippen LogP contribution in [0.3, 0.4) is 0 Å². The lowest BCUT2D eigenvalue weighted by molar-refractivity contribution is 0.442. The van der Waals surface area contributed by atoms with E-state index in [1.54, 1.807) is 36.4 Å². The Bertz CT molecular complexity index is 485. The van der Waals surface area contributed by atoms with Gasteiger partial charge in [0.2, 0.25) is 0 Å². The fraction of sp³-hybridized carbons (Fsp3) is 0.333. The summed E-state index contributed by atoms with van der Waals surface area (Å²) in [7, 11) is 0. The molecule has 1 aliphatic rings. The summed E-state index contributed by atoms with van der Waals surface area (Å²) in [4.78, 5) is 0. The van der Waals surface area contributed by atoms with Crippen molar-refractivity contribution in [1.29, 1.82) is 0 Å². The molecule has 1 fully saturated rings. The smallest absolute Gasteiger partial charge is 0.115 e. The molecule has 2 aromatic rings. The average Bonchev–Trinajstić information content (AvgIpc) is 2.50. The molecule has 0 radical (unpaired) electrons. The zero-order valence-electron chi connectivity index (χ0n) is 11.7. The highest BCUT2D eigenvalue weighted by atomic mass is 16.3. The quantitative estimate of drug-likeness (QED) is 0.779. The number of hydrogen-bond acceptors (Lipinski definition) is 2. The van der Waals surface area contributed by atoms with Gasteiger partial charge in [0.1, 0.15) is 11.5 Å². The summed E-state index contributed by atoms with van der Waals surface area (Å²) in [5.74, 6) is 1.44. The summed E-state index contributed by atoms with van der Waals surface area (Å²) in [6.45, 7) is 0. The average molecular weight is 270 g/mol. The highest BCUT2D eigenvalue weighted by Gasteiger charge is 2.14. The third-order valence-electron chi connectivity index (χ3n) is 3.73. The monoisotopic (exact) mass is 270 g/mol. The van der Waals surface area contributed by atoms with Crippen LogP contribution < -0.4 is 0 Å². The maximum Gasteiger partial charge on any atom is 0.115 e. The van der Waals surface area contributed by atoms with Crippen molar-refractivity contribution >= 4 is 0 Å². The molecule has 106 valence electrons. The van der Waals surface area contributed by atoms with E-state index in [-0.39, 0.29) is 0 Å². The van der Waals surface area contributed by atoms with Crippen LogP contribution in [0.4, 0.5) is 0 Å². The van der Waals surface area contributed by atoms with Gasteiger partial charge in [-0.25, -0.2) is 0 Å². The van der Waals surface area contributed by atoms with E-state index in [1.165, 1.54) is 37.7 Å². The van der Waals surface area contributed by atoms with Gasteiger partial charge in [-0.3, -0.25) is 0 Å². The molecule has 0 unspecified atom stereocenters. The Kier molecular flexibility index (Phi) is 5.48. The second-order valence-corrected chi connectivity index (χ2v) is 5.26. The van der Waals surface area contributed by atoms with Crippen LogP contribution in [0.2, 0.25) is 0 Å². The molecule has 2 heteroatoms. The molecule has 0 spiro atoms. The van der Waals surface area contributed by atoms with Crippen molar-refractivity contribution in [3.63, 3.8) is 0 Å². The van der Waals surface area contributed by atoms with Crippen LogP contribution in [0.25, 0.3) is 0 Å². The molecule has 0 aromatic heterocycles. The van der Waals surface area contributed by atoms with E-state index in [9.17, 15) is 0 Å². The van der Waals surface area contributed by atoms with E-state index >= 15 is 0 Å². The Morgan fingerprint density at radius 1 is 0.650 bits per heavy atom. The van der Waals surface area contributed by atoms with Gasteiger partial charge in [0.15, 0.2) is 0 Å². The van der Waals surface area contributed by atoms with Crippen LogP contribution in [0.15, 0.2) is 54.6 Å². The Morgan fingerprint density at radius 3 is 1.70 bits per heavy atom. The van der Waals surface area contributed by atoms with Gasteiger partial charge in [-0.2, -0.15) is 0 Å². The Balaban J connectivity index is 0.000000178. The van der Waals surface area contributed by atoms with Crippen molar-refractivity contribution in [2.45, 2.75) is 38.0 Å². The maximum atomic E-state index is 9.16. The molecule has 2 nitrogen and oxygen atoms in total. The topological polar surface area (TPSA) is 40.5 Å². The molecule has 20 heavy (non-hydrogen) atoms. The number of hydrogen-bond donors (Lipinski definition) is 2. The van der Waals surface area contributed by atoms with Crippen molar-refractivity contribution in [3.8, 4) is 11.5 Å². The molecule has 0 atom stereocenters. The lowest BCUT2D eigenvalue weighted by atomic mass is 9.84. The van der Waals surface area contributed by atoms with Crippen LogP contribution in [-0.2, 0) is 0 Å². The van der Waals surface area contributed by atoms with E-state index in [2.05, 4.69) is 12.1 Å². The van der Waals surface area contributed by atoms with Crippen molar-refractivity contribution in [1.82, 2.24) is 0 Å². The van der Waals surface area contributed by atoms with Gasteiger partial charge in [0.25, 0.3) is 0 Å². The number of aromatic hydroxyl groups is 2. The summed E-state index contributed by atoms with van der Waals surface area (Å²) in [5.41, 5.74) is 1.40. The predicted molar refractivity (Wildman–Crippen MR) is 82.0 cm³/mol. The fourth-order valence-corrected chi connectivity index (χ4v) is 2.61. The number of phenolic OH excluding ortho intramolecular Hbond substituents is 2. The molecule has 2 aromatic carbocycles. The number of phenols is 2. The van der Waals surface area contributed by atoms with Gasteiger partial charge in [-0.1, -0.05) is 49.6 Å². The first kappa shape index (κ1) is 14.4. The highest BCUT2D eigenvalue weighted by Crippen LogP contribution is 2.32. The summed E-state index contributed by atoms with van der Waals surface area (Å²) in [6, 6.07) is 16.4. The van der Waals surface area contributed by atoms with Crippen molar-refractivity contribution in [3.05, 3.63) is 60.2 Å². The molecule has 1 aliphatic carbocycles. The van der Waals surface area contributed by atoms with Gasteiger partial charge in [-0.05, 0) is 48.6 Å². The van der Waals surface area contributed by atoms with Crippen molar-refractivity contribution < 1.29 is 10.2 Å². The molecule has 0 amide bonds. The zero-order valence-corrected chi connectivity index (χ0v) is 11.7. The van der Waals surface area contributed by atoms with Crippen LogP contribution >= 0.6 is 0 Å². The van der Waals surface area contributed by atoms with Crippen LogP contribution in [-0.4, -0.2) is 10.2 Å². The summed E-state index contributed by atoms with van der Waals surface area (Å²) < 4.78 is 0. The third-order valence-corrected chi connectivity index (χ3v) is 3.73. The first-order valence-electron chi connectivity index (χ1n) is 7.28.